The van der Waals surface area contributed by atoms with E-state index in [4.69, 9.17) is 16.7 Å². The monoisotopic (exact) mass is 274 g/mol. The van der Waals surface area contributed by atoms with Crippen LogP contribution in [0.2, 0.25) is 5.02 Å². The van der Waals surface area contributed by atoms with Crippen molar-refractivity contribution in [3.8, 4) is 5.75 Å². The first-order valence-electron chi connectivity index (χ1n) is 6.23. The van der Waals surface area contributed by atoms with Crippen LogP contribution >= 0.6 is 11.6 Å². The molecule has 0 amide bonds. The van der Waals surface area contributed by atoms with Crippen molar-refractivity contribution < 1.29 is 14.9 Å². The van der Waals surface area contributed by atoms with Crippen LogP contribution in [-0.2, 0) is 11.2 Å². The van der Waals surface area contributed by atoms with E-state index in [0.717, 1.165) is 18.4 Å². The summed E-state index contributed by atoms with van der Waals surface area (Å²) in [4.78, 5) is 0. The molecule has 0 heterocycles. The van der Waals surface area contributed by atoms with E-state index in [1.165, 1.54) is 26.4 Å². The zero-order valence-corrected chi connectivity index (χ0v) is 11.9. The van der Waals surface area contributed by atoms with Crippen LogP contribution in [0.1, 0.15) is 38.2 Å². The van der Waals surface area contributed by atoms with Crippen molar-refractivity contribution in [2.45, 2.75) is 39.0 Å². The summed E-state index contributed by atoms with van der Waals surface area (Å²) in [5.41, 5.74) is 0.894. The third-order valence-corrected chi connectivity index (χ3v) is 2.86. The van der Waals surface area contributed by atoms with Gasteiger partial charge in [-0.2, -0.15) is 0 Å². The van der Waals surface area contributed by atoms with E-state index in [9.17, 15) is 5.11 Å². The quantitative estimate of drug-likeness (QED) is 0.613. The Bertz CT molecular complexity index is 294. The van der Waals surface area contributed by atoms with Crippen molar-refractivity contribution in [3.05, 3.63) is 28.8 Å². The van der Waals surface area contributed by atoms with Crippen LogP contribution in [0, 0.1) is 0 Å². The van der Waals surface area contributed by atoms with Gasteiger partial charge in [0.15, 0.2) is 0 Å². The number of hydrogen-bond acceptors (Lipinski definition) is 3. The molecule has 0 aromatic heterocycles. The largest absolute Gasteiger partial charge is 0.508 e. The molecule has 0 aliphatic rings. The van der Waals surface area contributed by atoms with Gasteiger partial charge >= 0.3 is 0 Å². The molecule has 1 rings (SSSR count). The first-order chi connectivity index (χ1) is 8.67. The van der Waals surface area contributed by atoms with Gasteiger partial charge in [0.2, 0.25) is 0 Å². The number of methoxy groups -OCH3 is 1. The number of phenolic OH excluding ortho intramolecular Hbond substituents is 1. The minimum atomic E-state index is -0.181. The standard InChI is InChI=1S/C12H17ClO.C2H6O2/c1-2-3-4-5-7-10-11(13)8-6-9-12(10)14;1-4-2-3/h6,8-9,14H,2-5,7H2,1H3;3H,2H2,1H3. The summed E-state index contributed by atoms with van der Waals surface area (Å²) in [7, 11) is 1.43. The van der Waals surface area contributed by atoms with Crippen LogP contribution < -0.4 is 0 Å². The third-order valence-electron chi connectivity index (χ3n) is 2.50. The third kappa shape index (κ3) is 7.54. The fourth-order valence-electron chi connectivity index (χ4n) is 1.52. The SMILES string of the molecule is CCCCCCc1c(O)cccc1Cl.COCO. The molecule has 0 fully saturated rings. The summed E-state index contributed by atoms with van der Waals surface area (Å²) in [6.45, 7) is 2.01. The number of aliphatic hydroxyl groups excluding tert-OH is 1. The average molecular weight is 275 g/mol. The van der Waals surface area contributed by atoms with Gasteiger partial charge in [-0.1, -0.05) is 43.9 Å². The summed E-state index contributed by atoms with van der Waals surface area (Å²) < 4.78 is 4.10. The number of aliphatic hydroxyl groups is 1. The van der Waals surface area contributed by atoms with Crippen molar-refractivity contribution in [1.29, 1.82) is 0 Å². The van der Waals surface area contributed by atoms with Gasteiger partial charge in [-0.15, -0.1) is 0 Å². The lowest BCUT2D eigenvalue weighted by Gasteiger charge is -2.06. The van der Waals surface area contributed by atoms with Crippen LogP contribution in [0.25, 0.3) is 0 Å². The van der Waals surface area contributed by atoms with E-state index in [2.05, 4.69) is 11.7 Å². The fraction of sp³-hybridized carbons (Fsp3) is 0.571. The van der Waals surface area contributed by atoms with E-state index in [-0.39, 0.29) is 6.79 Å². The van der Waals surface area contributed by atoms with E-state index in [1.807, 2.05) is 6.07 Å². The number of aromatic hydroxyl groups is 1. The Morgan fingerprint density at radius 1 is 1.22 bits per heavy atom. The highest BCUT2D eigenvalue weighted by atomic mass is 35.5. The highest BCUT2D eigenvalue weighted by molar-refractivity contribution is 6.31. The number of unbranched alkanes of at least 4 members (excludes halogenated alkanes) is 3. The lowest BCUT2D eigenvalue weighted by molar-refractivity contribution is 0.0325. The highest BCUT2D eigenvalue weighted by Crippen LogP contribution is 2.26. The number of benzene rings is 1. The van der Waals surface area contributed by atoms with E-state index >= 15 is 0 Å². The number of ether oxygens (including phenoxy) is 1. The summed E-state index contributed by atoms with van der Waals surface area (Å²) in [5.74, 6) is 0.328. The number of rotatable bonds is 6. The summed E-state index contributed by atoms with van der Waals surface area (Å²) in [5, 5.41) is 17.9. The Labute approximate surface area is 114 Å². The van der Waals surface area contributed by atoms with Crippen molar-refractivity contribution >= 4 is 11.6 Å². The number of phenols is 1. The zero-order chi connectivity index (χ0) is 13.8. The molecule has 1 aromatic rings. The lowest BCUT2D eigenvalue weighted by atomic mass is 10.1. The van der Waals surface area contributed by atoms with Crippen LogP contribution in [0.5, 0.6) is 5.75 Å². The number of hydrogen-bond donors (Lipinski definition) is 2. The number of halogens is 1. The summed E-state index contributed by atoms with van der Waals surface area (Å²) in [6.07, 6.45) is 5.68. The van der Waals surface area contributed by atoms with Gasteiger partial charge in [-0.3, -0.25) is 0 Å². The highest BCUT2D eigenvalue weighted by Gasteiger charge is 2.04. The van der Waals surface area contributed by atoms with Crippen LogP contribution in [0.3, 0.4) is 0 Å². The molecule has 0 saturated carbocycles. The Kier molecular flexibility index (Phi) is 10.8. The molecule has 0 aliphatic heterocycles. The van der Waals surface area contributed by atoms with Crippen molar-refractivity contribution in [3.63, 3.8) is 0 Å². The normalized spacial score (nSPS) is 9.78. The molecule has 0 spiro atoms. The second-order valence-electron chi connectivity index (χ2n) is 3.97. The minimum Gasteiger partial charge on any atom is -0.508 e. The van der Waals surface area contributed by atoms with Gasteiger partial charge in [0.05, 0.1) is 0 Å². The van der Waals surface area contributed by atoms with Crippen LogP contribution in [0.15, 0.2) is 18.2 Å². The minimum absolute atomic E-state index is 0.181. The molecular weight excluding hydrogens is 252 g/mol. The van der Waals surface area contributed by atoms with Gasteiger partial charge in [-0.05, 0) is 25.0 Å². The Balaban J connectivity index is 0.000000631. The molecule has 1 aromatic carbocycles. The molecule has 4 heteroatoms. The molecule has 0 atom stereocenters. The molecular formula is C14H23ClO3. The maximum atomic E-state index is 9.56. The summed E-state index contributed by atoms with van der Waals surface area (Å²) >= 11 is 5.98. The van der Waals surface area contributed by atoms with E-state index < -0.39 is 0 Å². The van der Waals surface area contributed by atoms with Gasteiger partial charge in [0, 0.05) is 17.7 Å². The van der Waals surface area contributed by atoms with Crippen LogP contribution in [-0.4, -0.2) is 24.1 Å². The Hall–Kier alpha value is -0.770. The second-order valence-corrected chi connectivity index (χ2v) is 4.37. The van der Waals surface area contributed by atoms with Crippen molar-refractivity contribution in [2.75, 3.05) is 13.9 Å². The van der Waals surface area contributed by atoms with Crippen molar-refractivity contribution in [1.82, 2.24) is 0 Å². The maximum absolute atomic E-state index is 9.56. The summed E-state index contributed by atoms with van der Waals surface area (Å²) in [6, 6.07) is 5.30. The average Bonchev–Trinajstić information content (AvgIpc) is 2.38. The van der Waals surface area contributed by atoms with E-state index in [0.29, 0.717) is 10.8 Å². The van der Waals surface area contributed by atoms with Gasteiger partial charge in [0.25, 0.3) is 0 Å². The smallest absolute Gasteiger partial charge is 0.143 e. The first-order valence-corrected chi connectivity index (χ1v) is 6.61. The van der Waals surface area contributed by atoms with Gasteiger partial charge in [0.1, 0.15) is 12.5 Å². The fourth-order valence-corrected chi connectivity index (χ4v) is 1.79. The Morgan fingerprint density at radius 2 is 1.89 bits per heavy atom. The van der Waals surface area contributed by atoms with Crippen LogP contribution in [0.4, 0.5) is 0 Å². The predicted octanol–water partition coefficient (Wildman–Crippen LogP) is 3.75. The molecule has 0 aliphatic carbocycles. The molecule has 0 saturated heterocycles. The Morgan fingerprint density at radius 3 is 2.39 bits per heavy atom. The molecule has 18 heavy (non-hydrogen) atoms. The van der Waals surface area contributed by atoms with Crippen molar-refractivity contribution in [2.24, 2.45) is 0 Å². The molecule has 0 radical (unpaired) electrons. The molecule has 3 nitrogen and oxygen atoms in total. The molecule has 104 valence electrons. The molecule has 0 bridgehead atoms. The second kappa shape index (κ2) is 11.3. The zero-order valence-electron chi connectivity index (χ0n) is 11.2. The van der Waals surface area contributed by atoms with Gasteiger partial charge < -0.3 is 14.9 Å². The lowest BCUT2D eigenvalue weighted by Crippen LogP contribution is -1.88. The first kappa shape index (κ1) is 17.2. The molecule has 0 unspecified atom stereocenters. The predicted molar refractivity (Wildman–Crippen MR) is 75.1 cm³/mol. The maximum Gasteiger partial charge on any atom is 0.143 e. The van der Waals surface area contributed by atoms with Gasteiger partial charge in [-0.25, -0.2) is 0 Å². The van der Waals surface area contributed by atoms with E-state index in [1.54, 1.807) is 12.1 Å². The topological polar surface area (TPSA) is 49.7 Å². The molecule has 2 N–H and O–H groups in total.